The van der Waals surface area contributed by atoms with E-state index in [2.05, 4.69) is 31.9 Å². The fraction of sp³-hybridized carbons (Fsp3) is 0.273. The molecular formula is C11H10Br2ClNO2S3. The molecule has 0 aliphatic carbocycles. The molecule has 0 atom stereocenters. The molecule has 2 aromatic heterocycles. The summed E-state index contributed by atoms with van der Waals surface area (Å²) in [5, 5.41) is 0.420. The minimum Gasteiger partial charge on any atom is -0.206 e. The molecule has 3 nitrogen and oxygen atoms in total. The number of nitrogens with zero attached hydrogens (tertiary/aromatic N) is 1. The highest BCUT2D eigenvalue weighted by molar-refractivity contribution is 9.11. The predicted molar refractivity (Wildman–Crippen MR) is 92.3 cm³/mol. The van der Waals surface area contributed by atoms with Crippen molar-refractivity contribution in [3.63, 3.8) is 0 Å². The summed E-state index contributed by atoms with van der Waals surface area (Å²) in [4.78, 5) is 0.990. The van der Waals surface area contributed by atoms with Crippen LogP contribution in [0.2, 0.25) is 5.02 Å². The Balaban J connectivity index is 2.30. The number of sulfonamides is 1. The third-order valence-corrected chi connectivity index (χ3v) is 8.98. The van der Waals surface area contributed by atoms with Crippen molar-refractivity contribution in [1.82, 2.24) is 4.31 Å². The second-order valence-corrected chi connectivity index (χ2v) is 11.3. The van der Waals surface area contributed by atoms with Gasteiger partial charge in [-0.15, -0.1) is 22.7 Å². The summed E-state index contributed by atoms with van der Waals surface area (Å²) in [6.45, 7) is 2.59. The van der Waals surface area contributed by atoms with E-state index in [-0.39, 0.29) is 4.21 Å². The van der Waals surface area contributed by atoms with Gasteiger partial charge in [0.05, 0.1) is 12.6 Å². The van der Waals surface area contributed by atoms with Gasteiger partial charge in [-0.25, -0.2) is 8.42 Å². The zero-order valence-electron chi connectivity index (χ0n) is 10.3. The molecule has 0 amide bonds. The van der Waals surface area contributed by atoms with E-state index in [1.807, 2.05) is 19.1 Å². The van der Waals surface area contributed by atoms with Gasteiger partial charge in [0.15, 0.2) is 0 Å². The predicted octanol–water partition coefficient (Wildman–Crippen LogP) is 5.20. The zero-order chi connectivity index (χ0) is 14.9. The van der Waals surface area contributed by atoms with Gasteiger partial charge >= 0.3 is 0 Å². The summed E-state index contributed by atoms with van der Waals surface area (Å²) in [7, 11) is -3.51. The van der Waals surface area contributed by atoms with E-state index < -0.39 is 10.0 Å². The summed E-state index contributed by atoms with van der Waals surface area (Å²) in [5.41, 5.74) is 0. The molecule has 0 N–H and O–H groups in total. The van der Waals surface area contributed by atoms with Crippen molar-refractivity contribution in [3.05, 3.63) is 35.7 Å². The van der Waals surface area contributed by atoms with Crippen molar-refractivity contribution in [2.75, 3.05) is 6.54 Å². The Labute approximate surface area is 147 Å². The van der Waals surface area contributed by atoms with Crippen molar-refractivity contribution < 1.29 is 8.42 Å². The van der Waals surface area contributed by atoms with Crippen LogP contribution in [0, 0.1) is 0 Å². The number of halogens is 3. The zero-order valence-corrected chi connectivity index (χ0v) is 16.6. The molecule has 2 heterocycles. The lowest BCUT2D eigenvalue weighted by atomic mass is 10.4. The van der Waals surface area contributed by atoms with Crippen LogP contribution in [0.1, 0.15) is 11.8 Å². The van der Waals surface area contributed by atoms with Crippen LogP contribution in [0.5, 0.6) is 0 Å². The van der Waals surface area contributed by atoms with Crippen LogP contribution in [-0.2, 0) is 16.6 Å². The summed E-state index contributed by atoms with van der Waals surface area (Å²) < 4.78 is 28.5. The van der Waals surface area contributed by atoms with Crippen LogP contribution < -0.4 is 0 Å². The molecule has 0 unspecified atom stereocenters. The molecule has 0 aromatic carbocycles. The maximum Gasteiger partial charge on any atom is 0.252 e. The summed E-state index contributed by atoms with van der Waals surface area (Å²) in [6.07, 6.45) is 0. The quantitative estimate of drug-likeness (QED) is 0.591. The molecular weight excluding hydrogens is 470 g/mol. The molecule has 2 rings (SSSR count). The van der Waals surface area contributed by atoms with Crippen LogP contribution >= 0.6 is 66.1 Å². The monoisotopic (exact) mass is 477 g/mol. The number of thiophene rings is 2. The van der Waals surface area contributed by atoms with Gasteiger partial charge in [0, 0.05) is 18.0 Å². The first-order valence-electron chi connectivity index (χ1n) is 5.53. The molecule has 0 fully saturated rings. The number of hydrogen-bond donors (Lipinski definition) is 0. The summed E-state index contributed by atoms with van der Waals surface area (Å²) in [5.74, 6) is 0. The molecule has 0 saturated carbocycles. The molecule has 110 valence electrons. The second-order valence-electron chi connectivity index (χ2n) is 3.82. The van der Waals surface area contributed by atoms with Crippen molar-refractivity contribution in [3.8, 4) is 0 Å². The van der Waals surface area contributed by atoms with E-state index >= 15 is 0 Å². The first kappa shape index (κ1) is 16.9. The van der Waals surface area contributed by atoms with Crippen molar-refractivity contribution >= 4 is 76.2 Å². The molecule has 0 bridgehead atoms. The highest BCUT2D eigenvalue weighted by Gasteiger charge is 2.26. The van der Waals surface area contributed by atoms with E-state index in [1.54, 1.807) is 0 Å². The fourth-order valence-electron chi connectivity index (χ4n) is 1.56. The third-order valence-electron chi connectivity index (χ3n) is 2.53. The van der Waals surface area contributed by atoms with Crippen LogP contribution in [0.3, 0.4) is 0 Å². The summed E-state index contributed by atoms with van der Waals surface area (Å²) >= 11 is 15.2. The van der Waals surface area contributed by atoms with E-state index in [1.165, 1.54) is 21.7 Å². The van der Waals surface area contributed by atoms with Gasteiger partial charge in [0.25, 0.3) is 10.0 Å². The Morgan fingerprint density at radius 3 is 2.45 bits per heavy atom. The first-order chi connectivity index (χ1) is 9.34. The Morgan fingerprint density at radius 1 is 1.30 bits per heavy atom. The molecule has 0 spiro atoms. The average molecular weight is 480 g/mol. The maximum absolute atomic E-state index is 12.6. The first-order valence-corrected chi connectivity index (χ1v) is 10.6. The minimum absolute atomic E-state index is 0.256. The Morgan fingerprint density at radius 2 is 2.00 bits per heavy atom. The van der Waals surface area contributed by atoms with E-state index in [0.717, 1.165) is 20.0 Å². The van der Waals surface area contributed by atoms with Crippen LogP contribution in [0.4, 0.5) is 0 Å². The van der Waals surface area contributed by atoms with Gasteiger partial charge in [-0.05, 0) is 50.1 Å². The van der Waals surface area contributed by atoms with E-state index in [4.69, 9.17) is 11.6 Å². The van der Waals surface area contributed by atoms with Crippen LogP contribution in [0.25, 0.3) is 0 Å². The maximum atomic E-state index is 12.6. The van der Waals surface area contributed by atoms with Crippen molar-refractivity contribution in [1.29, 1.82) is 0 Å². The lowest BCUT2D eigenvalue weighted by Crippen LogP contribution is -2.29. The Kier molecular flexibility index (Phi) is 5.72. The van der Waals surface area contributed by atoms with Crippen LogP contribution in [0.15, 0.2) is 30.0 Å². The average Bonchev–Trinajstić information content (AvgIpc) is 2.94. The van der Waals surface area contributed by atoms with Crippen LogP contribution in [-0.4, -0.2) is 19.3 Å². The van der Waals surface area contributed by atoms with Gasteiger partial charge in [0.2, 0.25) is 0 Å². The highest BCUT2D eigenvalue weighted by Crippen LogP contribution is 2.36. The van der Waals surface area contributed by atoms with Gasteiger partial charge in [-0.3, -0.25) is 0 Å². The van der Waals surface area contributed by atoms with Crippen molar-refractivity contribution in [2.45, 2.75) is 17.7 Å². The topological polar surface area (TPSA) is 37.4 Å². The normalized spacial score (nSPS) is 12.2. The second kappa shape index (κ2) is 6.76. The number of rotatable bonds is 5. The summed E-state index contributed by atoms with van der Waals surface area (Å²) in [6, 6.07) is 5.32. The molecule has 0 aliphatic rings. The van der Waals surface area contributed by atoms with E-state index in [9.17, 15) is 8.42 Å². The minimum atomic E-state index is -3.51. The lowest BCUT2D eigenvalue weighted by Gasteiger charge is -2.18. The molecule has 0 saturated heterocycles. The standard InChI is InChI=1S/C11H10Br2ClNO2S3/c1-2-15(6-7-3-4-9(12)18-7)20(16,17)10-5-8(14)11(13)19-10/h3-5H,2,6H2,1H3. The van der Waals surface area contributed by atoms with Gasteiger partial charge in [-0.1, -0.05) is 18.5 Å². The van der Waals surface area contributed by atoms with Gasteiger partial charge in [0.1, 0.15) is 4.21 Å². The van der Waals surface area contributed by atoms with Gasteiger partial charge < -0.3 is 0 Å². The SMILES string of the molecule is CCN(Cc1ccc(Br)s1)S(=O)(=O)c1cc(Cl)c(Br)s1. The smallest absolute Gasteiger partial charge is 0.206 e. The molecule has 20 heavy (non-hydrogen) atoms. The molecule has 0 radical (unpaired) electrons. The highest BCUT2D eigenvalue weighted by atomic mass is 79.9. The fourth-order valence-corrected chi connectivity index (χ4v) is 7.12. The lowest BCUT2D eigenvalue weighted by molar-refractivity contribution is 0.428. The third kappa shape index (κ3) is 3.66. The molecule has 2 aromatic rings. The molecule has 0 aliphatic heterocycles. The van der Waals surface area contributed by atoms with Crippen molar-refractivity contribution in [2.24, 2.45) is 0 Å². The Hall–Kier alpha value is 0.560. The number of hydrogen-bond acceptors (Lipinski definition) is 4. The van der Waals surface area contributed by atoms with E-state index in [0.29, 0.717) is 21.9 Å². The van der Waals surface area contributed by atoms with Gasteiger partial charge in [-0.2, -0.15) is 4.31 Å². The Bertz CT molecular complexity index is 692. The largest absolute Gasteiger partial charge is 0.252 e. The molecule has 9 heteroatoms.